The number of carbonyl (C=O) groups is 1. The Labute approximate surface area is 185 Å². The van der Waals surface area contributed by atoms with Gasteiger partial charge in [-0.1, -0.05) is 54.1 Å². The van der Waals surface area contributed by atoms with E-state index in [0.29, 0.717) is 18.8 Å². The molecule has 6 heteroatoms. The number of fused-ring (bicyclic) bond motifs is 3. The lowest BCUT2D eigenvalue weighted by atomic mass is 9.93. The minimum atomic E-state index is -0.196. The summed E-state index contributed by atoms with van der Waals surface area (Å²) < 4.78 is 7.96. The van der Waals surface area contributed by atoms with Crippen molar-refractivity contribution in [3.05, 3.63) is 99.6 Å². The number of hydrogen-bond donors (Lipinski definition) is 1. The lowest BCUT2D eigenvalue weighted by Crippen LogP contribution is -2.22. The van der Waals surface area contributed by atoms with Crippen LogP contribution in [0, 0.1) is 6.92 Å². The van der Waals surface area contributed by atoms with Crippen LogP contribution in [0.3, 0.4) is 0 Å². The molecule has 0 saturated heterocycles. The normalized spacial score (nSPS) is 12.3. The summed E-state index contributed by atoms with van der Waals surface area (Å²) >= 11 is 5.99. The van der Waals surface area contributed by atoms with E-state index in [1.54, 1.807) is 0 Å². The van der Waals surface area contributed by atoms with E-state index >= 15 is 0 Å². The molecule has 1 amide bonds. The zero-order valence-electron chi connectivity index (χ0n) is 17.2. The first kappa shape index (κ1) is 19.6. The molecule has 0 radical (unpaired) electrons. The number of nitrogens with one attached hydrogen (secondary N) is 1. The molecular formula is C25H22ClN3O2. The summed E-state index contributed by atoms with van der Waals surface area (Å²) in [4.78, 5) is 12.8. The van der Waals surface area contributed by atoms with Gasteiger partial charge < -0.3 is 9.73 Å². The molecule has 1 aliphatic rings. The number of aromatic nitrogens is 2. The summed E-state index contributed by atoms with van der Waals surface area (Å²) in [5, 5.41) is 8.51. The standard InChI is InChI=1S/C25H22ClN3O2/c1-16-22-21(31-24(16)25(30)27-13-17-5-3-2-4-6-17)12-9-19-15-29(28-23(19)22)14-18-7-10-20(26)11-8-18/h2-8,10-11,15H,9,12-14H2,1H3,(H,27,30). The Morgan fingerprint density at radius 2 is 1.87 bits per heavy atom. The van der Waals surface area contributed by atoms with Gasteiger partial charge in [0, 0.05) is 35.3 Å². The molecule has 0 unspecified atom stereocenters. The second-order valence-corrected chi connectivity index (χ2v) is 8.29. The molecule has 0 saturated carbocycles. The summed E-state index contributed by atoms with van der Waals surface area (Å²) in [6, 6.07) is 17.6. The molecule has 0 fully saturated rings. The van der Waals surface area contributed by atoms with Crippen molar-refractivity contribution in [3.63, 3.8) is 0 Å². The van der Waals surface area contributed by atoms with Gasteiger partial charge in [0.15, 0.2) is 5.76 Å². The highest BCUT2D eigenvalue weighted by Gasteiger charge is 2.29. The van der Waals surface area contributed by atoms with Crippen LogP contribution in [0.2, 0.25) is 5.02 Å². The number of hydrogen-bond acceptors (Lipinski definition) is 3. The zero-order chi connectivity index (χ0) is 21.4. The third kappa shape index (κ3) is 3.89. The SMILES string of the molecule is Cc1c(C(=O)NCc2ccccc2)oc2c1-c1nn(Cc3ccc(Cl)cc3)cc1CC2. The van der Waals surface area contributed by atoms with Gasteiger partial charge in [0.1, 0.15) is 5.76 Å². The smallest absolute Gasteiger partial charge is 0.287 e. The average Bonchev–Trinajstić information content (AvgIpc) is 3.34. The quantitative estimate of drug-likeness (QED) is 0.473. The van der Waals surface area contributed by atoms with E-state index in [9.17, 15) is 4.79 Å². The number of rotatable bonds is 5. The van der Waals surface area contributed by atoms with Gasteiger partial charge in [-0.15, -0.1) is 0 Å². The lowest BCUT2D eigenvalue weighted by molar-refractivity contribution is 0.0920. The number of benzene rings is 2. The van der Waals surface area contributed by atoms with Crippen molar-refractivity contribution in [1.82, 2.24) is 15.1 Å². The Kier molecular flexibility index (Phi) is 5.12. The van der Waals surface area contributed by atoms with E-state index in [4.69, 9.17) is 21.1 Å². The highest BCUT2D eigenvalue weighted by Crippen LogP contribution is 2.38. The van der Waals surface area contributed by atoms with Crippen LogP contribution in [0.5, 0.6) is 0 Å². The van der Waals surface area contributed by atoms with Gasteiger partial charge in [-0.2, -0.15) is 5.10 Å². The minimum absolute atomic E-state index is 0.196. The molecule has 1 aliphatic carbocycles. The molecule has 0 atom stereocenters. The van der Waals surface area contributed by atoms with Crippen molar-refractivity contribution >= 4 is 17.5 Å². The number of furan rings is 1. The third-order valence-electron chi connectivity index (χ3n) is 5.68. The Morgan fingerprint density at radius 1 is 1.10 bits per heavy atom. The molecular weight excluding hydrogens is 410 g/mol. The Hall–Kier alpha value is -3.31. The monoisotopic (exact) mass is 431 g/mol. The van der Waals surface area contributed by atoms with Crippen LogP contribution in [0.1, 0.15) is 38.6 Å². The van der Waals surface area contributed by atoms with Crippen molar-refractivity contribution in [2.45, 2.75) is 32.9 Å². The number of aryl methyl sites for hydroxylation is 2. The van der Waals surface area contributed by atoms with Crippen LogP contribution in [0.15, 0.2) is 65.2 Å². The highest BCUT2D eigenvalue weighted by molar-refractivity contribution is 6.30. The van der Waals surface area contributed by atoms with E-state index in [0.717, 1.165) is 51.6 Å². The number of amides is 1. The van der Waals surface area contributed by atoms with Crippen molar-refractivity contribution in [1.29, 1.82) is 0 Å². The van der Waals surface area contributed by atoms with Gasteiger partial charge >= 0.3 is 0 Å². The van der Waals surface area contributed by atoms with Gasteiger partial charge in [0.2, 0.25) is 0 Å². The molecule has 4 aromatic rings. The second-order valence-electron chi connectivity index (χ2n) is 7.85. The van der Waals surface area contributed by atoms with E-state index in [1.165, 1.54) is 5.56 Å². The lowest BCUT2D eigenvalue weighted by Gasteiger charge is -2.09. The summed E-state index contributed by atoms with van der Waals surface area (Å²) in [7, 11) is 0. The predicted octanol–water partition coefficient (Wildman–Crippen LogP) is 5.18. The molecule has 0 bridgehead atoms. The topological polar surface area (TPSA) is 60.1 Å². The van der Waals surface area contributed by atoms with Gasteiger partial charge in [-0.25, -0.2) is 0 Å². The van der Waals surface area contributed by atoms with Gasteiger partial charge in [0.05, 0.1) is 12.2 Å². The maximum atomic E-state index is 12.8. The minimum Gasteiger partial charge on any atom is -0.455 e. The predicted molar refractivity (Wildman–Crippen MR) is 120 cm³/mol. The molecule has 0 spiro atoms. The summed E-state index contributed by atoms with van der Waals surface area (Å²) in [5.41, 5.74) is 6.09. The van der Waals surface area contributed by atoms with E-state index in [2.05, 4.69) is 11.5 Å². The van der Waals surface area contributed by atoms with Crippen molar-refractivity contribution < 1.29 is 9.21 Å². The van der Waals surface area contributed by atoms with Crippen LogP contribution in [0.4, 0.5) is 0 Å². The van der Waals surface area contributed by atoms with Crippen LogP contribution in [-0.4, -0.2) is 15.7 Å². The molecule has 2 heterocycles. The average molecular weight is 432 g/mol. The summed E-state index contributed by atoms with van der Waals surface area (Å²) in [5.74, 6) is 1.02. The fraction of sp³-hybridized carbons (Fsp3) is 0.200. The zero-order valence-corrected chi connectivity index (χ0v) is 17.9. The highest BCUT2D eigenvalue weighted by atomic mass is 35.5. The van der Waals surface area contributed by atoms with Crippen molar-refractivity contribution in [3.8, 4) is 11.3 Å². The van der Waals surface area contributed by atoms with Crippen LogP contribution in [-0.2, 0) is 25.9 Å². The van der Waals surface area contributed by atoms with Crippen LogP contribution >= 0.6 is 11.6 Å². The van der Waals surface area contributed by atoms with Crippen molar-refractivity contribution in [2.75, 3.05) is 0 Å². The largest absolute Gasteiger partial charge is 0.455 e. The Balaban J connectivity index is 1.39. The molecule has 2 aromatic heterocycles. The fourth-order valence-corrected chi connectivity index (χ4v) is 4.22. The number of carbonyl (C=O) groups excluding carboxylic acids is 1. The molecule has 31 heavy (non-hydrogen) atoms. The van der Waals surface area contributed by atoms with E-state index in [1.807, 2.05) is 66.2 Å². The molecule has 5 nitrogen and oxygen atoms in total. The first-order valence-corrected chi connectivity index (χ1v) is 10.7. The Bertz CT molecular complexity index is 1240. The number of halogens is 1. The molecule has 1 N–H and O–H groups in total. The molecule has 0 aliphatic heterocycles. The maximum Gasteiger partial charge on any atom is 0.287 e. The number of nitrogens with zero attached hydrogens (tertiary/aromatic N) is 2. The van der Waals surface area contributed by atoms with Crippen LogP contribution in [0.25, 0.3) is 11.3 Å². The van der Waals surface area contributed by atoms with Gasteiger partial charge in [-0.3, -0.25) is 9.48 Å². The van der Waals surface area contributed by atoms with Gasteiger partial charge in [-0.05, 0) is 42.2 Å². The molecule has 2 aromatic carbocycles. The second kappa shape index (κ2) is 8.08. The fourth-order valence-electron chi connectivity index (χ4n) is 4.10. The maximum absolute atomic E-state index is 12.8. The first-order valence-electron chi connectivity index (χ1n) is 10.3. The van der Waals surface area contributed by atoms with Gasteiger partial charge in [0.25, 0.3) is 5.91 Å². The van der Waals surface area contributed by atoms with Crippen molar-refractivity contribution in [2.24, 2.45) is 0 Å². The first-order chi connectivity index (χ1) is 15.1. The molecule has 156 valence electrons. The summed E-state index contributed by atoms with van der Waals surface area (Å²) in [6.07, 6.45) is 3.71. The Morgan fingerprint density at radius 3 is 2.65 bits per heavy atom. The summed E-state index contributed by atoms with van der Waals surface area (Å²) in [6.45, 7) is 3.07. The van der Waals surface area contributed by atoms with E-state index in [-0.39, 0.29) is 5.91 Å². The third-order valence-corrected chi connectivity index (χ3v) is 5.93. The molecule has 5 rings (SSSR count). The van der Waals surface area contributed by atoms with E-state index < -0.39 is 0 Å². The van der Waals surface area contributed by atoms with Crippen LogP contribution < -0.4 is 5.32 Å².